The number of alkyl halides is 2. The van der Waals surface area contributed by atoms with Crippen LogP contribution in [0, 0.1) is 0 Å². The van der Waals surface area contributed by atoms with Crippen molar-refractivity contribution in [1.82, 2.24) is 4.90 Å². The van der Waals surface area contributed by atoms with Gasteiger partial charge in [0.2, 0.25) is 5.91 Å². The first-order valence-corrected chi connectivity index (χ1v) is 5.62. The second-order valence-electron chi connectivity index (χ2n) is 4.38. The number of para-hydroxylation sites is 1. The topological polar surface area (TPSA) is 55.8 Å². The molecule has 1 amide bonds. The van der Waals surface area contributed by atoms with E-state index in [0.29, 0.717) is 5.56 Å². The Balaban J connectivity index is 1.86. The predicted octanol–water partition coefficient (Wildman–Crippen LogP) is 1.31. The average molecular weight is 269 g/mol. The first kappa shape index (κ1) is 11.9. The lowest BCUT2D eigenvalue weighted by molar-refractivity contribution is -0.287. The Morgan fingerprint density at radius 2 is 2.05 bits per heavy atom. The number of ether oxygens (including phenoxy) is 2. The number of hydrogen-bond acceptors (Lipinski definition) is 4. The number of fused-ring (bicyclic) bond motifs is 1. The largest absolute Gasteiger partial charge is 0.586 e. The lowest BCUT2D eigenvalue weighted by Gasteiger charge is -2.15. The van der Waals surface area contributed by atoms with Gasteiger partial charge in [-0.2, -0.15) is 0 Å². The van der Waals surface area contributed by atoms with Gasteiger partial charge in [-0.3, -0.25) is 9.59 Å². The molecule has 0 radical (unpaired) electrons. The molecule has 0 unspecified atom stereocenters. The predicted molar refractivity (Wildman–Crippen MR) is 57.7 cm³/mol. The van der Waals surface area contributed by atoms with Crippen LogP contribution in [-0.2, 0) is 16.1 Å². The van der Waals surface area contributed by atoms with E-state index in [9.17, 15) is 18.4 Å². The first-order valence-electron chi connectivity index (χ1n) is 5.62. The molecule has 0 saturated carbocycles. The molecular weight excluding hydrogens is 260 g/mol. The monoisotopic (exact) mass is 269 g/mol. The van der Waals surface area contributed by atoms with Crippen LogP contribution in [0.4, 0.5) is 8.78 Å². The molecule has 19 heavy (non-hydrogen) atoms. The highest BCUT2D eigenvalue weighted by molar-refractivity contribution is 6.05. The number of benzene rings is 1. The Bertz CT molecular complexity index is 573. The van der Waals surface area contributed by atoms with Gasteiger partial charge in [0.1, 0.15) is 0 Å². The molecule has 1 fully saturated rings. The molecule has 0 aliphatic carbocycles. The number of rotatable bonds is 2. The summed E-state index contributed by atoms with van der Waals surface area (Å²) in [5, 5.41) is 0. The highest BCUT2D eigenvalue weighted by Gasteiger charge is 2.44. The number of halogens is 2. The van der Waals surface area contributed by atoms with Crippen LogP contribution in [0.3, 0.4) is 0 Å². The normalized spacial score (nSPS) is 20.2. The smallest absolute Gasteiger partial charge is 0.395 e. The summed E-state index contributed by atoms with van der Waals surface area (Å²) in [7, 11) is 0. The lowest BCUT2D eigenvalue weighted by Crippen LogP contribution is -2.27. The maximum Gasteiger partial charge on any atom is 0.586 e. The fourth-order valence-electron chi connectivity index (χ4n) is 2.14. The van der Waals surface area contributed by atoms with Crippen LogP contribution in [0.5, 0.6) is 11.5 Å². The quantitative estimate of drug-likeness (QED) is 0.760. The third kappa shape index (κ3) is 2.11. The Labute approximate surface area is 106 Å². The van der Waals surface area contributed by atoms with Crippen molar-refractivity contribution < 1.29 is 27.8 Å². The molecule has 1 aromatic rings. The molecule has 5 nitrogen and oxygen atoms in total. The minimum absolute atomic E-state index is 0.000247. The maximum atomic E-state index is 13.0. The summed E-state index contributed by atoms with van der Waals surface area (Å²) in [5.41, 5.74) is 0.387. The van der Waals surface area contributed by atoms with Crippen LogP contribution < -0.4 is 9.47 Å². The Morgan fingerprint density at radius 3 is 2.74 bits per heavy atom. The summed E-state index contributed by atoms with van der Waals surface area (Å²) in [4.78, 5) is 24.0. The van der Waals surface area contributed by atoms with Crippen molar-refractivity contribution in [1.29, 1.82) is 0 Å². The summed E-state index contributed by atoms with van der Waals surface area (Å²) in [5.74, 6) is -0.645. The van der Waals surface area contributed by atoms with Crippen LogP contribution in [0.15, 0.2) is 18.2 Å². The molecule has 0 atom stereocenters. The molecule has 3 rings (SSSR count). The van der Waals surface area contributed by atoms with E-state index in [1.165, 1.54) is 17.0 Å². The number of amides is 1. The summed E-state index contributed by atoms with van der Waals surface area (Å²) in [6.07, 6.45) is -3.83. The van der Waals surface area contributed by atoms with E-state index in [2.05, 4.69) is 9.47 Å². The van der Waals surface area contributed by atoms with Gasteiger partial charge in [-0.05, 0) is 6.07 Å². The average Bonchev–Trinajstić information content (AvgIpc) is 2.78. The van der Waals surface area contributed by atoms with Gasteiger partial charge in [-0.15, -0.1) is 8.78 Å². The third-order valence-corrected chi connectivity index (χ3v) is 2.94. The van der Waals surface area contributed by atoms with Gasteiger partial charge >= 0.3 is 6.29 Å². The SMILES string of the molecule is O=C1CC(=O)N(Cc2cccc3c2OC(F)(F)O3)C1. The molecule has 0 bridgehead atoms. The van der Waals surface area contributed by atoms with Crippen LogP contribution in [-0.4, -0.2) is 29.4 Å². The minimum Gasteiger partial charge on any atom is -0.395 e. The fourth-order valence-corrected chi connectivity index (χ4v) is 2.14. The van der Waals surface area contributed by atoms with Gasteiger partial charge in [0.05, 0.1) is 13.0 Å². The van der Waals surface area contributed by atoms with Crippen molar-refractivity contribution in [3.8, 4) is 11.5 Å². The summed E-state index contributed by atoms with van der Waals surface area (Å²) < 4.78 is 34.7. The van der Waals surface area contributed by atoms with E-state index >= 15 is 0 Å². The van der Waals surface area contributed by atoms with Crippen molar-refractivity contribution in [2.24, 2.45) is 0 Å². The Morgan fingerprint density at radius 1 is 1.26 bits per heavy atom. The molecule has 2 aliphatic heterocycles. The summed E-state index contributed by atoms with van der Waals surface area (Å²) in [6, 6.07) is 4.44. The van der Waals surface area contributed by atoms with Crippen molar-refractivity contribution in [3.05, 3.63) is 23.8 Å². The van der Waals surface area contributed by atoms with Crippen molar-refractivity contribution in [2.45, 2.75) is 19.3 Å². The maximum absolute atomic E-state index is 13.0. The van der Waals surface area contributed by atoms with E-state index < -0.39 is 6.29 Å². The van der Waals surface area contributed by atoms with E-state index in [4.69, 9.17) is 0 Å². The first-order chi connectivity index (χ1) is 8.94. The van der Waals surface area contributed by atoms with Crippen LogP contribution in [0.25, 0.3) is 0 Å². The number of carbonyl (C=O) groups excluding carboxylic acids is 2. The van der Waals surface area contributed by atoms with Crippen molar-refractivity contribution in [3.63, 3.8) is 0 Å². The molecule has 0 spiro atoms. The van der Waals surface area contributed by atoms with E-state index in [0.717, 1.165) is 0 Å². The lowest BCUT2D eigenvalue weighted by atomic mass is 10.2. The number of likely N-dealkylation sites (tertiary alicyclic amines) is 1. The van der Waals surface area contributed by atoms with Gasteiger partial charge in [-0.25, -0.2) is 0 Å². The Hall–Kier alpha value is -2.18. The standard InChI is InChI=1S/C12H9F2NO4/c13-12(14)18-9-3-1-2-7(11(9)19-12)5-15-6-8(16)4-10(15)17/h1-3H,4-6H2. The van der Waals surface area contributed by atoms with E-state index in [-0.39, 0.29) is 42.7 Å². The zero-order chi connectivity index (χ0) is 13.6. The number of ketones is 1. The highest BCUT2D eigenvalue weighted by Crippen LogP contribution is 2.43. The van der Waals surface area contributed by atoms with Crippen LogP contribution >= 0.6 is 0 Å². The van der Waals surface area contributed by atoms with Crippen molar-refractivity contribution >= 4 is 11.7 Å². The van der Waals surface area contributed by atoms with Gasteiger partial charge < -0.3 is 14.4 Å². The molecule has 2 heterocycles. The molecule has 1 aromatic carbocycles. The zero-order valence-electron chi connectivity index (χ0n) is 9.69. The molecule has 7 heteroatoms. The zero-order valence-corrected chi connectivity index (χ0v) is 9.69. The van der Waals surface area contributed by atoms with Crippen LogP contribution in [0.2, 0.25) is 0 Å². The Kier molecular flexibility index (Phi) is 2.44. The van der Waals surface area contributed by atoms with Crippen LogP contribution in [0.1, 0.15) is 12.0 Å². The molecule has 1 saturated heterocycles. The second-order valence-corrected chi connectivity index (χ2v) is 4.38. The number of nitrogens with zero attached hydrogens (tertiary/aromatic N) is 1. The van der Waals surface area contributed by atoms with E-state index in [1.807, 2.05) is 0 Å². The molecular formula is C12H9F2NO4. The summed E-state index contributed by atoms with van der Waals surface area (Å²) >= 11 is 0. The van der Waals surface area contributed by atoms with Gasteiger partial charge in [0, 0.05) is 12.1 Å². The number of hydrogen-bond donors (Lipinski definition) is 0. The number of carbonyl (C=O) groups is 2. The molecule has 0 aromatic heterocycles. The minimum atomic E-state index is -3.69. The molecule has 100 valence electrons. The summed E-state index contributed by atoms with van der Waals surface area (Å²) in [6.45, 7) is 0.0485. The van der Waals surface area contributed by atoms with Gasteiger partial charge in [-0.1, -0.05) is 12.1 Å². The fraction of sp³-hybridized carbons (Fsp3) is 0.333. The molecule has 0 N–H and O–H groups in total. The second kappa shape index (κ2) is 3.91. The third-order valence-electron chi connectivity index (χ3n) is 2.94. The van der Waals surface area contributed by atoms with Gasteiger partial charge in [0.25, 0.3) is 0 Å². The van der Waals surface area contributed by atoms with Gasteiger partial charge in [0.15, 0.2) is 17.3 Å². The van der Waals surface area contributed by atoms with E-state index in [1.54, 1.807) is 6.07 Å². The number of Topliss-reactive ketones (excluding diaryl/α,β-unsaturated/α-hetero) is 1. The highest BCUT2D eigenvalue weighted by atomic mass is 19.3. The molecule has 2 aliphatic rings. The van der Waals surface area contributed by atoms with Crippen molar-refractivity contribution in [2.75, 3.05) is 6.54 Å².